The lowest BCUT2D eigenvalue weighted by molar-refractivity contribution is -0.139. The number of ether oxygens (including phenoxy) is 3. The van der Waals surface area contributed by atoms with Gasteiger partial charge in [0.2, 0.25) is 0 Å². The molecule has 32 heavy (non-hydrogen) atoms. The normalized spacial score (nSPS) is 13.7. The molecule has 0 aliphatic carbocycles. The van der Waals surface area contributed by atoms with Crippen molar-refractivity contribution in [3.05, 3.63) is 89.3 Å². The summed E-state index contributed by atoms with van der Waals surface area (Å²) in [6.07, 6.45) is 2.83. The van der Waals surface area contributed by atoms with E-state index in [0.29, 0.717) is 16.9 Å². The van der Waals surface area contributed by atoms with Gasteiger partial charge in [-0.05, 0) is 43.7 Å². The number of amides is 1. The third-order valence-corrected chi connectivity index (χ3v) is 4.88. The van der Waals surface area contributed by atoms with Crippen LogP contribution in [0.5, 0.6) is 5.75 Å². The monoisotopic (exact) mass is 435 g/mol. The molecular formula is C25H25NO6. The van der Waals surface area contributed by atoms with Gasteiger partial charge in [-0.25, -0.2) is 9.59 Å². The highest BCUT2D eigenvalue weighted by Gasteiger charge is 2.37. The van der Waals surface area contributed by atoms with Gasteiger partial charge in [-0.15, -0.1) is 0 Å². The highest BCUT2D eigenvalue weighted by atomic mass is 16.5. The third kappa shape index (κ3) is 4.88. The maximum Gasteiger partial charge on any atom is 0.336 e. The second kappa shape index (κ2) is 10.4. The SMILES string of the molecule is CCOC(=O)C1=CN(C(=O)c2ccccc2)C=C(C(=O)OCC)C1c1cccc(OC)c1. The van der Waals surface area contributed by atoms with Crippen molar-refractivity contribution in [2.75, 3.05) is 20.3 Å². The number of carbonyl (C=O) groups is 3. The van der Waals surface area contributed by atoms with E-state index < -0.39 is 23.8 Å². The molecule has 2 aromatic carbocycles. The molecule has 0 saturated heterocycles. The molecule has 1 heterocycles. The molecule has 0 aromatic heterocycles. The topological polar surface area (TPSA) is 82.1 Å². The molecule has 0 N–H and O–H groups in total. The molecule has 0 unspecified atom stereocenters. The number of benzene rings is 2. The molecule has 0 radical (unpaired) electrons. The predicted octanol–water partition coefficient (Wildman–Crippen LogP) is 3.83. The molecule has 7 nitrogen and oxygen atoms in total. The number of nitrogens with zero attached hydrogens (tertiary/aromatic N) is 1. The van der Waals surface area contributed by atoms with Crippen LogP contribution in [0, 0.1) is 0 Å². The van der Waals surface area contributed by atoms with E-state index in [1.165, 1.54) is 24.4 Å². The zero-order valence-electron chi connectivity index (χ0n) is 18.2. The zero-order valence-corrected chi connectivity index (χ0v) is 18.2. The molecule has 1 aliphatic rings. The molecule has 0 atom stereocenters. The van der Waals surface area contributed by atoms with Crippen molar-refractivity contribution in [1.29, 1.82) is 0 Å². The van der Waals surface area contributed by atoms with Crippen LogP contribution in [-0.4, -0.2) is 43.1 Å². The van der Waals surface area contributed by atoms with Crippen LogP contribution in [0.15, 0.2) is 78.1 Å². The average Bonchev–Trinajstić information content (AvgIpc) is 2.83. The molecule has 1 aliphatic heterocycles. The second-order valence-corrected chi connectivity index (χ2v) is 6.90. The van der Waals surface area contributed by atoms with Gasteiger partial charge in [-0.2, -0.15) is 0 Å². The van der Waals surface area contributed by atoms with E-state index in [1.807, 2.05) is 0 Å². The number of hydrogen-bond acceptors (Lipinski definition) is 6. The molecule has 3 rings (SSSR count). The van der Waals surface area contributed by atoms with Crippen LogP contribution in [0.3, 0.4) is 0 Å². The second-order valence-electron chi connectivity index (χ2n) is 6.90. The summed E-state index contributed by atoms with van der Waals surface area (Å²) in [5.41, 5.74) is 1.34. The van der Waals surface area contributed by atoms with Gasteiger partial charge in [0.15, 0.2) is 0 Å². The first-order valence-electron chi connectivity index (χ1n) is 10.3. The minimum Gasteiger partial charge on any atom is -0.497 e. The van der Waals surface area contributed by atoms with Crippen LogP contribution in [0.2, 0.25) is 0 Å². The van der Waals surface area contributed by atoms with Gasteiger partial charge in [0.25, 0.3) is 5.91 Å². The van der Waals surface area contributed by atoms with E-state index in [1.54, 1.807) is 68.4 Å². The quantitative estimate of drug-likeness (QED) is 0.615. The Bertz CT molecular complexity index is 1020. The Morgan fingerprint density at radius 1 is 0.844 bits per heavy atom. The van der Waals surface area contributed by atoms with E-state index in [9.17, 15) is 14.4 Å². The molecule has 7 heteroatoms. The Hall–Kier alpha value is -3.87. The van der Waals surface area contributed by atoms with Crippen molar-refractivity contribution in [1.82, 2.24) is 4.90 Å². The summed E-state index contributed by atoms with van der Waals surface area (Å²) < 4.78 is 15.8. The molecule has 0 spiro atoms. The van der Waals surface area contributed by atoms with Gasteiger partial charge in [0.1, 0.15) is 5.75 Å². The summed E-state index contributed by atoms with van der Waals surface area (Å²) in [7, 11) is 1.53. The number of carbonyl (C=O) groups excluding carboxylic acids is 3. The fraction of sp³-hybridized carbons (Fsp3) is 0.240. The lowest BCUT2D eigenvalue weighted by Crippen LogP contribution is -2.32. The summed E-state index contributed by atoms with van der Waals surface area (Å²) in [6, 6.07) is 15.6. The van der Waals surface area contributed by atoms with Crippen LogP contribution in [-0.2, 0) is 19.1 Å². The highest BCUT2D eigenvalue weighted by Crippen LogP contribution is 2.38. The van der Waals surface area contributed by atoms with Gasteiger partial charge in [-0.1, -0.05) is 30.3 Å². The molecular weight excluding hydrogens is 410 g/mol. The Balaban J connectivity index is 2.16. The average molecular weight is 435 g/mol. The Morgan fingerprint density at radius 2 is 1.44 bits per heavy atom. The maximum absolute atomic E-state index is 13.1. The first-order chi connectivity index (χ1) is 15.5. The van der Waals surface area contributed by atoms with E-state index in [-0.39, 0.29) is 24.4 Å². The van der Waals surface area contributed by atoms with Crippen molar-refractivity contribution in [3.63, 3.8) is 0 Å². The van der Waals surface area contributed by atoms with Gasteiger partial charge >= 0.3 is 11.9 Å². The lowest BCUT2D eigenvalue weighted by atomic mass is 9.83. The van der Waals surface area contributed by atoms with Crippen LogP contribution in [0.25, 0.3) is 0 Å². The summed E-state index contributed by atoms with van der Waals surface area (Å²) in [5.74, 6) is -1.86. The smallest absolute Gasteiger partial charge is 0.336 e. The number of hydrogen-bond donors (Lipinski definition) is 0. The molecule has 0 fully saturated rings. The van der Waals surface area contributed by atoms with E-state index in [4.69, 9.17) is 14.2 Å². The minimum atomic E-state index is -0.789. The van der Waals surface area contributed by atoms with Crippen molar-refractivity contribution in [3.8, 4) is 5.75 Å². The Morgan fingerprint density at radius 3 is 1.97 bits per heavy atom. The summed E-state index contributed by atoms with van der Waals surface area (Å²) in [4.78, 5) is 40.2. The van der Waals surface area contributed by atoms with E-state index in [0.717, 1.165) is 0 Å². The summed E-state index contributed by atoms with van der Waals surface area (Å²) in [6.45, 7) is 3.67. The largest absolute Gasteiger partial charge is 0.497 e. The summed E-state index contributed by atoms with van der Waals surface area (Å²) >= 11 is 0. The van der Waals surface area contributed by atoms with Crippen LogP contribution in [0.4, 0.5) is 0 Å². The van der Waals surface area contributed by atoms with Crippen molar-refractivity contribution in [2.24, 2.45) is 0 Å². The van der Waals surface area contributed by atoms with Crippen molar-refractivity contribution in [2.45, 2.75) is 19.8 Å². The summed E-state index contributed by atoms with van der Waals surface area (Å²) in [5, 5.41) is 0. The minimum absolute atomic E-state index is 0.145. The van der Waals surface area contributed by atoms with Crippen LogP contribution >= 0.6 is 0 Å². The number of rotatable bonds is 7. The standard InChI is InChI=1S/C25H25NO6/c1-4-31-24(28)20-15-26(23(27)17-10-7-6-8-11-17)16-21(25(29)32-5-2)22(20)18-12-9-13-19(14-18)30-3/h6-16,22H,4-5H2,1-3H3. The third-order valence-electron chi connectivity index (χ3n) is 4.88. The van der Waals surface area contributed by atoms with E-state index in [2.05, 4.69) is 0 Å². The fourth-order valence-corrected chi connectivity index (χ4v) is 3.45. The molecule has 1 amide bonds. The number of esters is 2. The Kier molecular flexibility index (Phi) is 7.44. The van der Waals surface area contributed by atoms with Gasteiger partial charge in [0.05, 0.1) is 37.4 Å². The predicted molar refractivity (Wildman–Crippen MR) is 118 cm³/mol. The zero-order chi connectivity index (χ0) is 23.1. The van der Waals surface area contributed by atoms with Gasteiger partial charge in [-0.3, -0.25) is 9.69 Å². The van der Waals surface area contributed by atoms with Crippen LogP contribution in [0.1, 0.15) is 35.7 Å². The van der Waals surface area contributed by atoms with Gasteiger partial charge in [0, 0.05) is 18.0 Å². The molecule has 0 saturated carbocycles. The molecule has 2 aromatic rings. The molecule has 166 valence electrons. The first kappa shape index (κ1) is 22.8. The highest BCUT2D eigenvalue weighted by molar-refractivity contribution is 6.02. The van der Waals surface area contributed by atoms with Crippen LogP contribution < -0.4 is 4.74 Å². The van der Waals surface area contributed by atoms with Crippen molar-refractivity contribution < 1.29 is 28.6 Å². The Labute approximate surface area is 186 Å². The maximum atomic E-state index is 13.1. The fourth-order valence-electron chi connectivity index (χ4n) is 3.45. The van der Waals surface area contributed by atoms with E-state index >= 15 is 0 Å². The molecule has 0 bridgehead atoms. The first-order valence-corrected chi connectivity index (χ1v) is 10.3. The lowest BCUT2D eigenvalue weighted by Gasteiger charge is -2.29. The van der Waals surface area contributed by atoms with Crippen molar-refractivity contribution >= 4 is 17.8 Å². The van der Waals surface area contributed by atoms with Gasteiger partial charge < -0.3 is 14.2 Å². The number of methoxy groups -OCH3 is 1.